The molecule has 0 aromatic carbocycles. The van der Waals surface area contributed by atoms with Crippen LogP contribution in [0, 0.1) is 6.92 Å². The Morgan fingerprint density at radius 3 is 3.05 bits per heavy atom. The molecule has 2 aromatic rings. The van der Waals surface area contributed by atoms with Gasteiger partial charge in [0.1, 0.15) is 22.5 Å². The van der Waals surface area contributed by atoms with Crippen LogP contribution in [0.25, 0.3) is 10.2 Å². The van der Waals surface area contributed by atoms with Gasteiger partial charge in [0.2, 0.25) is 5.91 Å². The number of anilines is 1. The molecule has 1 aliphatic heterocycles. The Kier molecular flexibility index (Phi) is 3.48. The second-order valence-electron chi connectivity index (χ2n) is 6.14. The lowest BCUT2D eigenvalue weighted by molar-refractivity contribution is -0.121. The summed E-state index contributed by atoms with van der Waals surface area (Å²) in [5, 5.41) is 7.55. The van der Waals surface area contributed by atoms with Crippen LogP contribution in [0.3, 0.4) is 0 Å². The summed E-state index contributed by atoms with van der Waals surface area (Å²) in [7, 11) is 0. The Morgan fingerprint density at radius 1 is 1.23 bits per heavy atom. The molecule has 0 unspecified atom stereocenters. The van der Waals surface area contributed by atoms with E-state index in [4.69, 9.17) is 0 Å². The van der Waals surface area contributed by atoms with E-state index in [1.807, 2.05) is 6.92 Å². The monoisotopic (exact) mass is 316 g/mol. The highest BCUT2D eigenvalue weighted by Crippen LogP contribution is 2.39. The van der Waals surface area contributed by atoms with E-state index in [-0.39, 0.29) is 11.9 Å². The number of hydrogen-bond donors (Lipinski definition) is 2. The Morgan fingerprint density at radius 2 is 2.14 bits per heavy atom. The lowest BCUT2D eigenvalue weighted by Crippen LogP contribution is -2.38. The van der Waals surface area contributed by atoms with Crippen molar-refractivity contribution in [3.63, 3.8) is 0 Å². The van der Waals surface area contributed by atoms with Gasteiger partial charge in [-0.1, -0.05) is 0 Å². The molecule has 1 amide bonds. The molecule has 3 heterocycles. The second kappa shape index (κ2) is 5.50. The van der Waals surface area contributed by atoms with Gasteiger partial charge in [-0.3, -0.25) is 4.79 Å². The molecule has 1 aliphatic carbocycles. The van der Waals surface area contributed by atoms with Crippen molar-refractivity contribution in [1.29, 1.82) is 0 Å². The summed E-state index contributed by atoms with van der Waals surface area (Å²) in [6.07, 6.45) is 6.45. The first-order chi connectivity index (χ1) is 10.7. The summed E-state index contributed by atoms with van der Waals surface area (Å²) in [6.45, 7) is 2.70. The van der Waals surface area contributed by atoms with E-state index in [0.717, 1.165) is 60.5 Å². The van der Waals surface area contributed by atoms with Crippen molar-refractivity contribution >= 4 is 33.3 Å². The lowest BCUT2D eigenvalue weighted by atomic mass is 10.1. The smallest absolute Gasteiger partial charge is 0.242 e. The molecule has 2 N–H and O–H groups in total. The SMILES string of the molecule is Cc1nc(N[C@H]2CCCCNC2=O)c2c3c(sc2n1)CCC3. The van der Waals surface area contributed by atoms with Crippen LogP contribution in [0.4, 0.5) is 5.82 Å². The molecule has 22 heavy (non-hydrogen) atoms. The van der Waals surface area contributed by atoms with E-state index in [0.29, 0.717) is 0 Å². The average molecular weight is 316 g/mol. The van der Waals surface area contributed by atoms with Crippen LogP contribution in [0.15, 0.2) is 0 Å². The van der Waals surface area contributed by atoms with Gasteiger partial charge in [0, 0.05) is 11.4 Å². The molecule has 0 spiro atoms. The molecule has 0 saturated carbocycles. The number of amides is 1. The molecule has 1 saturated heterocycles. The van der Waals surface area contributed by atoms with Crippen LogP contribution in [0.5, 0.6) is 0 Å². The maximum absolute atomic E-state index is 12.2. The van der Waals surface area contributed by atoms with Gasteiger partial charge in [-0.25, -0.2) is 9.97 Å². The number of carbonyl (C=O) groups is 1. The first-order valence-corrected chi connectivity index (χ1v) is 8.87. The molecule has 1 atom stereocenters. The molecule has 6 heteroatoms. The molecule has 2 aromatic heterocycles. The average Bonchev–Trinajstić information content (AvgIpc) is 2.99. The Bertz CT molecular complexity index is 739. The van der Waals surface area contributed by atoms with Gasteiger partial charge in [0.15, 0.2) is 0 Å². The van der Waals surface area contributed by atoms with Crippen LogP contribution >= 0.6 is 11.3 Å². The zero-order valence-electron chi connectivity index (χ0n) is 12.7. The van der Waals surface area contributed by atoms with Gasteiger partial charge in [-0.2, -0.15) is 0 Å². The standard InChI is InChI=1S/C16H20N4OS/c1-9-18-14(20-11-6-2-3-8-17-15(11)21)13-10-5-4-7-12(10)22-16(13)19-9/h11H,2-8H2,1H3,(H,17,21)(H,18,19,20)/t11-/m0/s1. The number of nitrogens with zero attached hydrogens (tertiary/aromatic N) is 2. The fourth-order valence-corrected chi connectivity index (χ4v) is 4.76. The Hall–Kier alpha value is -1.69. The maximum atomic E-state index is 12.2. The van der Waals surface area contributed by atoms with Gasteiger partial charge < -0.3 is 10.6 Å². The summed E-state index contributed by atoms with van der Waals surface area (Å²) in [4.78, 5) is 23.9. The third-order valence-corrected chi connectivity index (χ3v) is 5.71. The van der Waals surface area contributed by atoms with E-state index in [2.05, 4.69) is 20.6 Å². The number of fused-ring (bicyclic) bond motifs is 3. The topological polar surface area (TPSA) is 66.9 Å². The first-order valence-electron chi connectivity index (χ1n) is 8.05. The van der Waals surface area contributed by atoms with Crippen LogP contribution in [0.2, 0.25) is 0 Å². The minimum absolute atomic E-state index is 0.0915. The van der Waals surface area contributed by atoms with Gasteiger partial charge >= 0.3 is 0 Å². The number of hydrogen-bond acceptors (Lipinski definition) is 5. The van der Waals surface area contributed by atoms with E-state index < -0.39 is 0 Å². The summed E-state index contributed by atoms with van der Waals surface area (Å²) in [5.74, 6) is 1.71. The van der Waals surface area contributed by atoms with Gasteiger partial charge in [0.05, 0.1) is 5.39 Å². The maximum Gasteiger partial charge on any atom is 0.242 e. The number of nitrogens with one attached hydrogen (secondary N) is 2. The largest absolute Gasteiger partial charge is 0.358 e. The predicted octanol–water partition coefficient (Wildman–Crippen LogP) is 2.57. The van der Waals surface area contributed by atoms with Crippen molar-refractivity contribution in [1.82, 2.24) is 15.3 Å². The minimum atomic E-state index is -0.183. The van der Waals surface area contributed by atoms with Crippen molar-refractivity contribution in [3.05, 3.63) is 16.3 Å². The number of aryl methyl sites for hydroxylation is 3. The quantitative estimate of drug-likeness (QED) is 0.893. The summed E-state index contributed by atoms with van der Waals surface area (Å²) >= 11 is 1.79. The number of aromatic nitrogens is 2. The van der Waals surface area contributed by atoms with Crippen molar-refractivity contribution in [3.8, 4) is 0 Å². The van der Waals surface area contributed by atoms with Gasteiger partial charge in [0.25, 0.3) is 0 Å². The second-order valence-corrected chi connectivity index (χ2v) is 7.22. The molecule has 116 valence electrons. The van der Waals surface area contributed by atoms with Crippen LogP contribution in [0.1, 0.15) is 41.9 Å². The molecule has 4 rings (SSSR count). The van der Waals surface area contributed by atoms with E-state index in [1.54, 1.807) is 11.3 Å². The van der Waals surface area contributed by atoms with Gasteiger partial charge in [-0.15, -0.1) is 11.3 Å². The normalized spacial score (nSPS) is 21.5. The fourth-order valence-electron chi connectivity index (χ4n) is 3.45. The summed E-state index contributed by atoms with van der Waals surface area (Å²) in [5.41, 5.74) is 1.40. The molecule has 1 fully saturated rings. The van der Waals surface area contributed by atoms with E-state index >= 15 is 0 Å². The molecule has 5 nitrogen and oxygen atoms in total. The van der Waals surface area contributed by atoms with Crippen molar-refractivity contribution in [2.75, 3.05) is 11.9 Å². The molecular formula is C16H20N4OS. The zero-order chi connectivity index (χ0) is 15.1. The minimum Gasteiger partial charge on any atom is -0.358 e. The fraction of sp³-hybridized carbons (Fsp3) is 0.562. The highest BCUT2D eigenvalue weighted by molar-refractivity contribution is 7.19. The van der Waals surface area contributed by atoms with Gasteiger partial charge in [-0.05, 0) is 51.0 Å². The molecular weight excluding hydrogens is 296 g/mol. The van der Waals surface area contributed by atoms with E-state index in [9.17, 15) is 4.79 Å². The van der Waals surface area contributed by atoms with E-state index in [1.165, 1.54) is 16.9 Å². The van der Waals surface area contributed by atoms with Crippen molar-refractivity contribution in [2.24, 2.45) is 0 Å². The molecule has 0 bridgehead atoms. The highest BCUT2D eigenvalue weighted by atomic mass is 32.1. The summed E-state index contributed by atoms with van der Waals surface area (Å²) in [6, 6.07) is -0.183. The van der Waals surface area contributed by atoms with Crippen LogP contribution in [-0.2, 0) is 17.6 Å². The van der Waals surface area contributed by atoms with Crippen LogP contribution in [-0.4, -0.2) is 28.5 Å². The number of rotatable bonds is 2. The third kappa shape index (κ3) is 2.35. The van der Waals surface area contributed by atoms with Crippen molar-refractivity contribution < 1.29 is 4.79 Å². The number of thiophene rings is 1. The zero-order valence-corrected chi connectivity index (χ0v) is 13.6. The molecule has 0 radical (unpaired) electrons. The first kappa shape index (κ1) is 13.9. The molecule has 2 aliphatic rings. The third-order valence-electron chi connectivity index (χ3n) is 4.52. The Balaban J connectivity index is 1.75. The van der Waals surface area contributed by atoms with Crippen molar-refractivity contribution in [2.45, 2.75) is 51.5 Å². The predicted molar refractivity (Wildman–Crippen MR) is 88.4 cm³/mol. The number of carbonyl (C=O) groups excluding carboxylic acids is 1. The highest BCUT2D eigenvalue weighted by Gasteiger charge is 2.25. The summed E-state index contributed by atoms with van der Waals surface area (Å²) < 4.78 is 0. The lowest BCUT2D eigenvalue weighted by Gasteiger charge is -2.17. The van der Waals surface area contributed by atoms with Crippen LogP contribution < -0.4 is 10.6 Å². The Labute approximate surface area is 133 Å².